The molecule has 0 bridgehead atoms. The highest BCUT2D eigenvalue weighted by Crippen LogP contribution is 2.22. The van der Waals surface area contributed by atoms with Gasteiger partial charge < -0.3 is 4.74 Å². The molecule has 0 atom stereocenters. The van der Waals surface area contributed by atoms with Gasteiger partial charge >= 0.3 is 0 Å². The second-order valence-electron chi connectivity index (χ2n) is 5.03. The van der Waals surface area contributed by atoms with Crippen LogP contribution in [0.15, 0.2) is 35.2 Å². The van der Waals surface area contributed by atoms with Crippen molar-refractivity contribution in [3.05, 3.63) is 58.4 Å². The van der Waals surface area contributed by atoms with Gasteiger partial charge in [0.05, 0.1) is 0 Å². The molecule has 26 heavy (non-hydrogen) atoms. The Kier molecular flexibility index (Phi) is 6.11. The zero-order chi connectivity index (χ0) is 19.5. The van der Waals surface area contributed by atoms with Gasteiger partial charge in [-0.3, -0.25) is 10.2 Å². The van der Waals surface area contributed by atoms with Crippen molar-refractivity contribution in [2.75, 3.05) is 6.61 Å². The van der Waals surface area contributed by atoms with Crippen molar-refractivity contribution in [2.45, 2.75) is 11.8 Å². The highest BCUT2D eigenvalue weighted by molar-refractivity contribution is 7.89. The molecule has 0 fully saturated rings. The number of amides is 1. The molecule has 6 nitrogen and oxygen atoms in total. The molecule has 0 aliphatic carbocycles. The number of ether oxygens (including phenoxy) is 1. The van der Waals surface area contributed by atoms with E-state index in [4.69, 9.17) is 16.3 Å². The molecule has 140 valence electrons. The number of carbonyl (C=O) groups is 1. The van der Waals surface area contributed by atoms with Gasteiger partial charge in [-0.2, -0.15) is 0 Å². The first-order valence-corrected chi connectivity index (χ1v) is 8.81. The van der Waals surface area contributed by atoms with Crippen LogP contribution in [0.5, 0.6) is 5.75 Å². The Labute approximate surface area is 151 Å². The summed E-state index contributed by atoms with van der Waals surface area (Å²) >= 11 is 5.78. The lowest BCUT2D eigenvalue weighted by molar-refractivity contribution is -0.123. The van der Waals surface area contributed by atoms with Gasteiger partial charge in [-0.05, 0) is 42.8 Å². The summed E-state index contributed by atoms with van der Waals surface area (Å²) in [5.74, 6) is -5.96. The van der Waals surface area contributed by atoms with Crippen molar-refractivity contribution < 1.29 is 31.1 Å². The second kappa shape index (κ2) is 7.94. The number of hydrazine groups is 1. The van der Waals surface area contributed by atoms with Crippen LogP contribution in [0.1, 0.15) is 5.56 Å². The van der Waals surface area contributed by atoms with Crippen molar-refractivity contribution in [3.8, 4) is 5.75 Å². The van der Waals surface area contributed by atoms with Gasteiger partial charge in [-0.1, -0.05) is 11.6 Å². The quantitative estimate of drug-likeness (QED) is 0.568. The molecule has 2 aromatic rings. The lowest BCUT2D eigenvalue weighted by Crippen LogP contribution is -2.44. The number of nitrogens with one attached hydrogen (secondary N) is 2. The lowest BCUT2D eigenvalue weighted by Gasteiger charge is -2.11. The van der Waals surface area contributed by atoms with E-state index in [0.717, 1.165) is 0 Å². The van der Waals surface area contributed by atoms with Crippen LogP contribution in [0.2, 0.25) is 5.02 Å². The van der Waals surface area contributed by atoms with E-state index in [1.165, 1.54) is 12.1 Å². The Hall–Kier alpha value is -2.30. The van der Waals surface area contributed by atoms with Gasteiger partial charge in [-0.15, -0.1) is 4.83 Å². The fourth-order valence-electron chi connectivity index (χ4n) is 1.85. The number of sulfonamides is 1. The normalized spacial score (nSPS) is 11.3. The number of halogens is 4. The summed E-state index contributed by atoms with van der Waals surface area (Å²) in [6.07, 6.45) is 0. The third kappa shape index (κ3) is 4.65. The zero-order valence-corrected chi connectivity index (χ0v) is 14.7. The average molecular weight is 409 g/mol. The van der Waals surface area contributed by atoms with E-state index in [9.17, 15) is 26.4 Å². The van der Waals surface area contributed by atoms with Gasteiger partial charge in [0.2, 0.25) is 0 Å². The Bertz CT molecular complexity index is 954. The minimum atomic E-state index is -4.66. The van der Waals surface area contributed by atoms with E-state index in [2.05, 4.69) is 0 Å². The van der Waals surface area contributed by atoms with Gasteiger partial charge in [0, 0.05) is 5.02 Å². The van der Waals surface area contributed by atoms with Gasteiger partial charge in [0.15, 0.2) is 24.1 Å². The van der Waals surface area contributed by atoms with Gasteiger partial charge in [-0.25, -0.2) is 21.6 Å². The number of aryl methyl sites for hydroxylation is 1. The van der Waals surface area contributed by atoms with Crippen LogP contribution >= 0.6 is 11.6 Å². The summed E-state index contributed by atoms with van der Waals surface area (Å²) in [5, 5.41) is 0.473. The van der Waals surface area contributed by atoms with Crippen LogP contribution in [0.4, 0.5) is 13.2 Å². The van der Waals surface area contributed by atoms with Gasteiger partial charge in [0.1, 0.15) is 10.6 Å². The summed E-state index contributed by atoms with van der Waals surface area (Å²) in [6.45, 7) is 1.12. The number of rotatable bonds is 6. The predicted molar refractivity (Wildman–Crippen MR) is 86.5 cm³/mol. The lowest BCUT2D eigenvalue weighted by atomic mass is 10.2. The van der Waals surface area contributed by atoms with Crippen molar-refractivity contribution in [3.63, 3.8) is 0 Å². The molecule has 2 aromatic carbocycles. The maximum absolute atomic E-state index is 13.5. The molecule has 0 saturated heterocycles. The molecule has 11 heteroatoms. The van der Waals surface area contributed by atoms with Crippen molar-refractivity contribution in [2.24, 2.45) is 0 Å². The number of carbonyl (C=O) groups excluding carboxylic acids is 1. The molecule has 0 aliphatic heterocycles. The predicted octanol–water partition coefficient (Wildman–Crippen LogP) is 2.45. The minimum Gasteiger partial charge on any atom is -0.483 e. The molecule has 1 amide bonds. The van der Waals surface area contributed by atoms with Crippen molar-refractivity contribution in [1.82, 2.24) is 10.3 Å². The van der Waals surface area contributed by atoms with Crippen LogP contribution in [0, 0.1) is 24.4 Å². The van der Waals surface area contributed by atoms with E-state index in [1.54, 1.807) is 23.2 Å². The van der Waals surface area contributed by atoms with E-state index in [1.807, 2.05) is 0 Å². The Morgan fingerprint density at radius 3 is 2.50 bits per heavy atom. The monoisotopic (exact) mass is 408 g/mol. The number of hydrogen-bond acceptors (Lipinski definition) is 4. The molecule has 0 aromatic heterocycles. The summed E-state index contributed by atoms with van der Waals surface area (Å²) in [5.41, 5.74) is 2.42. The second-order valence-corrected chi connectivity index (χ2v) is 7.11. The molecule has 0 radical (unpaired) electrons. The topological polar surface area (TPSA) is 84.5 Å². The summed E-state index contributed by atoms with van der Waals surface area (Å²) in [6, 6.07) is 5.63. The molecule has 0 spiro atoms. The Morgan fingerprint density at radius 1 is 1.15 bits per heavy atom. The third-order valence-electron chi connectivity index (χ3n) is 3.11. The minimum absolute atomic E-state index is 0.346. The van der Waals surface area contributed by atoms with Crippen LogP contribution in [0.25, 0.3) is 0 Å². The average Bonchev–Trinajstić information content (AvgIpc) is 2.57. The number of hydrogen-bond donors (Lipinski definition) is 2. The molecule has 2 rings (SSSR count). The standard InChI is InChI=1S/C15H12ClF3N2O4S/c1-8-6-9(16)2-4-11(8)25-7-13(22)20-21-26(23,24)12-5-3-10(17)14(18)15(12)19/h2-6,21H,7H2,1H3,(H,20,22). The highest BCUT2D eigenvalue weighted by Gasteiger charge is 2.24. The largest absolute Gasteiger partial charge is 0.483 e. The summed E-state index contributed by atoms with van der Waals surface area (Å²) < 4.78 is 68.5. The van der Waals surface area contributed by atoms with Crippen LogP contribution in [0.3, 0.4) is 0 Å². The molecular formula is C15H12ClF3N2O4S. The van der Waals surface area contributed by atoms with Crippen molar-refractivity contribution in [1.29, 1.82) is 0 Å². The maximum Gasteiger partial charge on any atom is 0.272 e. The number of benzene rings is 2. The van der Waals surface area contributed by atoms with E-state index >= 15 is 0 Å². The molecule has 0 unspecified atom stereocenters. The molecule has 0 saturated carbocycles. The van der Waals surface area contributed by atoms with Crippen LogP contribution in [-0.4, -0.2) is 20.9 Å². The van der Waals surface area contributed by atoms with Crippen LogP contribution < -0.4 is 15.0 Å². The summed E-state index contributed by atoms with van der Waals surface area (Å²) in [7, 11) is -4.66. The SMILES string of the molecule is Cc1cc(Cl)ccc1OCC(=O)NNS(=O)(=O)c1ccc(F)c(F)c1F. The molecular weight excluding hydrogens is 397 g/mol. The maximum atomic E-state index is 13.5. The molecule has 2 N–H and O–H groups in total. The fraction of sp³-hybridized carbons (Fsp3) is 0.133. The van der Waals surface area contributed by atoms with Crippen molar-refractivity contribution >= 4 is 27.5 Å². The van der Waals surface area contributed by atoms with Gasteiger partial charge in [0.25, 0.3) is 15.9 Å². The fourth-order valence-corrected chi connectivity index (χ4v) is 3.01. The summed E-state index contributed by atoms with van der Waals surface area (Å²) in [4.78, 5) is 12.1. The van der Waals surface area contributed by atoms with E-state index in [-0.39, 0.29) is 0 Å². The molecule has 0 aliphatic rings. The Balaban J connectivity index is 1.99. The smallest absolute Gasteiger partial charge is 0.272 e. The third-order valence-corrected chi connectivity index (χ3v) is 4.61. The first kappa shape index (κ1) is 20.0. The Morgan fingerprint density at radius 2 is 1.85 bits per heavy atom. The zero-order valence-electron chi connectivity index (χ0n) is 13.1. The van der Waals surface area contributed by atoms with Crippen LogP contribution in [-0.2, 0) is 14.8 Å². The highest BCUT2D eigenvalue weighted by atomic mass is 35.5. The first-order chi connectivity index (χ1) is 12.1. The first-order valence-electron chi connectivity index (χ1n) is 6.95. The van der Waals surface area contributed by atoms with E-state index < -0.39 is 44.9 Å². The molecule has 0 heterocycles. The van der Waals surface area contributed by atoms with E-state index in [0.29, 0.717) is 28.5 Å².